The maximum absolute atomic E-state index is 11.3. The Hall–Kier alpha value is -0.630. The van der Waals surface area contributed by atoms with Crippen molar-refractivity contribution in [1.82, 2.24) is 0 Å². The molecule has 2 aliphatic carbocycles. The fourth-order valence-corrected chi connectivity index (χ4v) is 6.59. The molecule has 0 bridgehead atoms. The second-order valence-corrected chi connectivity index (χ2v) is 11.7. The minimum absolute atomic E-state index is 0.264. The molecule has 28 heavy (non-hydrogen) atoms. The van der Waals surface area contributed by atoms with E-state index in [9.17, 15) is 5.11 Å². The summed E-state index contributed by atoms with van der Waals surface area (Å²) < 4.78 is 0.264. The largest absolute Gasteiger partial charge is 0.507 e. The third kappa shape index (κ3) is 5.94. The van der Waals surface area contributed by atoms with Crippen molar-refractivity contribution in [2.24, 2.45) is 0 Å². The Balaban J connectivity index is 1.87. The highest BCUT2D eigenvalue weighted by molar-refractivity contribution is 8.00. The van der Waals surface area contributed by atoms with Gasteiger partial charge in [0.2, 0.25) is 0 Å². The molecule has 2 fully saturated rings. The molecule has 0 amide bonds. The first-order valence-corrected chi connectivity index (χ1v) is 12.9. The van der Waals surface area contributed by atoms with Crippen LogP contribution < -0.4 is 0 Å². The zero-order valence-electron chi connectivity index (χ0n) is 18.6. The lowest BCUT2D eigenvalue weighted by Gasteiger charge is -2.30. The molecule has 2 heteroatoms. The van der Waals surface area contributed by atoms with Gasteiger partial charge in [-0.15, -0.1) is 11.8 Å². The van der Waals surface area contributed by atoms with E-state index in [-0.39, 0.29) is 4.75 Å². The first kappa shape index (κ1) is 22.1. The van der Waals surface area contributed by atoms with Gasteiger partial charge in [0.15, 0.2) is 0 Å². The second kappa shape index (κ2) is 10.4. The number of aromatic hydroxyl groups is 1. The number of phenolic OH excluding ortho intramolecular Hbond substituents is 1. The molecule has 1 N–H and O–H groups in total. The molecule has 0 unspecified atom stereocenters. The van der Waals surface area contributed by atoms with Gasteiger partial charge in [-0.2, -0.15) is 0 Å². The highest BCUT2D eigenvalue weighted by atomic mass is 32.2. The molecular weight excluding hydrogens is 360 g/mol. The number of benzene rings is 1. The fraction of sp³-hybridized carbons (Fsp3) is 0.769. The highest BCUT2D eigenvalue weighted by Gasteiger charge is 2.27. The second-order valence-electron chi connectivity index (χ2n) is 9.94. The number of thioether (sulfide) groups is 1. The number of rotatable bonds is 8. The molecule has 0 atom stereocenters. The molecule has 0 spiro atoms. The van der Waals surface area contributed by atoms with Crippen molar-refractivity contribution in [3.05, 3.63) is 23.3 Å². The predicted octanol–water partition coefficient (Wildman–Crippen LogP) is 8.94. The van der Waals surface area contributed by atoms with E-state index in [4.69, 9.17) is 0 Å². The molecule has 1 aromatic rings. The lowest BCUT2D eigenvalue weighted by molar-refractivity contribution is 0.392. The first-order valence-electron chi connectivity index (χ1n) is 12.1. The summed E-state index contributed by atoms with van der Waals surface area (Å²) in [7, 11) is 0. The third-order valence-electron chi connectivity index (χ3n) is 7.01. The van der Waals surface area contributed by atoms with Crippen LogP contribution in [0.4, 0.5) is 0 Å². The van der Waals surface area contributed by atoms with Crippen molar-refractivity contribution < 1.29 is 5.11 Å². The lowest BCUT2D eigenvalue weighted by Crippen LogP contribution is -2.15. The number of hydrogen-bond acceptors (Lipinski definition) is 2. The van der Waals surface area contributed by atoms with Crippen LogP contribution in [0.2, 0.25) is 0 Å². The molecule has 0 heterocycles. The van der Waals surface area contributed by atoms with E-state index in [2.05, 4.69) is 44.7 Å². The van der Waals surface area contributed by atoms with Crippen molar-refractivity contribution in [3.8, 4) is 5.75 Å². The molecule has 0 aliphatic heterocycles. The predicted molar refractivity (Wildman–Crippen MR) is 124 cm³/mol. The fourth-order valence-electron chi connectivity index (χ4n) is 5.33. The summed E-state index contributed by atoms with van der Waals surface area (Å²) >= 11 is 2.05. The standard InChI is InChI=1S/C26H42OS/c1-4-5-12-17-26(2,3)28-22-18-23(20-13-8-6-9-14-20)25(27)24(19-22)21-15-10-7-11-16-21/h18-21,27H,4-17H2,1-3H3. The Morgan fingerprint density at radius 3 is 1.82 bits per heavy atom. The Morgan fingerprint density at radius 1 is 0.857 bits per heavy atom. The monoisotopic (exact) mass is 402 g/mol. The van der Waals surface area contributed by atoms with E-state index in [1.165, 1.54) is 106 Å². The average molecular weight is 403 g/mol. The SMILES string of the molecule is CCCCCC(C)(C)Sc1cc(C2CCCCC2)c(O)c(C2CCCCC2)c1. The Labute approximate surface area is 178 Å². The van der Waals surface area contributed by atoms with Crippen LogP contribution in [0, 0.1) is 0 Å². The number of unbranched alkanes of at least 4 members (excludes halogenated alkanes) is 2. The first-order chi connectivity index (χ1) is 13.5. The summed E-state index contributed by atoms with van der Waals surface area (Å²) in [6, 6.07) is 4.73. The molecule has 158 valence electrons. The third-order valence-corrected chi connectivity index (χ3v) is 8.24. The zero-order valence-corrected chi connectivity index (χ0v) is 19.4. The van der Waals surface area contributed by atoms with Gasteiger partial charge in [-0.1, -0.05) is 78.6 Å². The number of phenols is 1. The van der Waals surface area contributed by atoms with Crippen molar-refractivity contribution >= 4 is 11.8 Å². The van der Waals surface area contributed by atoms with Gasteiger partial charge in [-0.3, -0.25) is 0 Å². The van der Waals surface area contributed by atoms with Gasteiger partial charge in [0.05, 0.1) is 0 Å². The van der Waals surface area contributed by atoms with Gasteiger partial charge in [0.25, 0.3) is 0 Å². The summed E-state index contributed by atoms with van der Waals surface area (Å²) in [5.41, 5.74) is 2.55. The van der Waals surface area contributed by atoms with Crippen LogP contribution in [0.25, 0.3) is 0 Å². The van der Waals surface area contributed by atoms with Gasteiger partial charge >= 0.3 is 0 Å². The molecule has 3 rings (SSSR count). The Morgan fingerprint density at radius 2 is 1.36 bits per heavy atom. The lowest BCUT2D eigenvalue weighted by atomic mass is 9.79. The summed E-state index contributed by atoms with van der Waals surface area (Å²) in [5, 5.41) is 11.3. The molecule has 1 nitrogen and oxygen atoms in total. The van der Waals surface area contributed by atoms with Gasteiger partial charge in [-0.25, -0.2) is 0 Å². The van der Waals surface area contributed by atoms with E-state index in [0.29, 0.717) is 17.6 Å². The molecular formula is C26H42OS. The maximum atomic E-state index is 11.3. The summed E-state index contributed by atoms with van der Waals surface area (Å²) in [6.07, 6.45) is 18.3. The van der Waals surface area contributed by atoms with Crippen LogP contribution in [0.5, 0.6) is 5.75 Å². The van der Waals surface area contributed by atoms with Crippen LogP contribution in [0.3, 0.4) is 0 Å². The zero-order chi connectivity index (χ0) is 20.0. The molecule has 0 aromatic heterocycles. The highest BCUT2D eigenvalue weighted by Crippen LogP contribution is 2.47. The molecule has 2 saturated carbocycles. The molecule has 0 saturated heterocycles. The minimum Gasteiger partial charge on any atom is -0.507 e. The summed E-state index contributed by atoms with van der Waals surface area (Å²) in [5.74, 6) is 1.80. The van der Waals surface area contributed by atoms with E-state index in [1.807, 2.05) is 0 Å². The Bertz CT molecular complexity index is 570. The van der Waals surface area contributed by atoms with Crippen molar-refractivity contribution in [2.45, 2.75) is 132 Å². The van der Waals surface area contributed by atoms with Crippen LogP contribution >= 0.6 is 11.8 Å². The van der Waals surface area contributed by atoms with Crippen molar-refractivity contribution in [1.29, 1.82) is 0 Å². The van der Waals surface area contributed by atoms with E-state index in [0.717, 1.165) is 0 Å². The quantitative estimate of drug-likeness (QED) is 0.346. The van der Waals surface area contributed by atoms with Crippen LogP contribution in [-0.2, 0) is 0 Å². The van der Waals surface area contributed by atoms with Crippen LogP contribution in [0.15, 0.2) is 17.0 Å². The topological polar surface area (TPSA) is 20.2 Å². The average Bonchev–Trinajstić information content (AvgIpc) is 2.70. The van der Waals surface area contributed by atoms with E-state index in [1.54, 1.807) is 0 Å². The smallest absolute Gasteiger partial charge is 0.122 e. The van der Waals surface area contributed by atoms with Gasteiger partial charge in [0.1, 0.15) is 5.75 Å². The molecule has 0 radical (unpaired) electrons. The minimum atomic E-state index is 0.264. The van der Waals surface area contributed by atoms with Crippen LogP contribution in [0.1, 0.15) is 134 Å². The van der Waals surface area contributed by atoms with Gasteiger partial charge in [-0.05, 0) is 67.2 Å². The summed E-state index contributed by atoms with van der Waals surface area (Å²) in [4.78, 5) is 1.40. The van der Waals surface area contributed by atoms with E-state index >= 15 is 0 Å². The van der Waals surface area contributed by atoms with Gasteiger partial charge in [0, 0.05) is 9.64 Å². The number of hydrogen-bond donors (Lipinski definition) is 1. The van der Waals surface area contributed by atoms with Crippen molar-refractivity contribution in [2.75, 3.05) is 0 Å². The maximum Gasteiger partial charge on any atom is 0.122 e. The summed E-state index contributed by atoms with van der Waals surface area (Å²) in [6.45, 7) is 7.09. The van der Waals surface area contributed by atoms with Crippen molar-refractivity contribution in [3.63, 3.8) is 0 Å². The van der Waals surface area contributed by atoms with Crippen LogP contribution in [-0.4, -0.2) is 9.85 Å². The Kier molecular flexibility index (Phi) is 8.21. The molecule has 1 aromatic carbocycles. The normalized spacial score (nSPS) is 19.8. The van der Waals surface area contributed by atoms with E-state index < -0.39 is 0 Å². The molecule has 2 aliphatic rings. The van der Waals surface area contributed by atoms with Gasteiger partial charge < -0.3 is 5.11 Å².